The van der Waals surface area contributed by atoms with Gasteiger partial charge in [-0.25, -0.2) is 5.43 Å². The number of phenols is 1. The molecule has 0 aliphatic carbocycles. The Morgan fingerprint density at radius 1 is 1.05 bits per heavy atom. The molecule has 14 nitrogen and oxygen atoms in total. The number of hydrogen-bond acceptors (Lipinski definition) is 9. The maximum Gasteiger partial charge on any atom is 0.324 e. The highest BCUT2D eigenvalue weighted by molar-refractivity contribution is 5.96. The molecule has 4 amide bonds. The molecule has 2 aromatic carbocycles. The number of carbonyl (C=O) groups is 5. The maximum absolute atomic E-state index is 14.4. The second-order valence-electron chi connectivity index (χ2n) is 19.1. The third kappa shape index (κ3) is 10.1. The quantitative estimate of drug-likeness (QED) is 0.160. The van der Waals surface area contributed by atoms with Gasteiger partial charge in [0.05, 0.1) is 23.9 Å². The van der Waals surface area contributed by atoms with Gasteiger partial charge >= 0.3 is 5.97 Å². The summed E-state index contributed by atoms with van der Waals surface area (Å²) in [6, 6.07) is 12.5. The minimum absolute atomic E-state index is 0.00923. The molecule has 1 saturated heterocycles. The fourth-order valence-corrected chi connectivity index (χ4v) is 9.47. The van der Waals surface area contributed by atoms with E-state index >= 15 is 0 Å². The third-order valence-electron chi connectivity index (χ3n) is 12.7. The molecule has 0 unspecified atom stereocenters. The molecule has 4 heterocycles. The van der Waals surface area contributed by atoms with Crippen molar-refractivity contribution in [3.05, 3.63) is 71.5 Å². The first-order valence-corrected chi connectivity index (χ1v) is 22.7. The van der Waals surface area contributed by atoms with Gasteiger partial charge in [-0.15, -0.1) is 0 Å². The van der Waals surface area contributed by atoms with Crippen molar-refractivity contribution in [3.63, 3.8) is 0 Å². The molecule has 6 rings (SSSR count). The Bertz CT molecular complexity index is 2400. The minimum atomic E-state index is -1.18. The van der Waals surface area contributed by atoms with Crippen LogP contribution >= 0.6 is 0 Å². The van der Waals surface area contributed by atoms with E-state index in [1.807, 2.05) is 38.2 Å². The summed E-state index contributed by atoms with van der Waals surface area (Å²) in [5, 5.41) is 16.4. The number of rotatable bonds is 9. The topological polar surface area (TPSA) is 166 Å². The van der Waals surface area contributed by atoms with Gasteiger partial charge in [0.2, 0.25) is 17.7 Å². The van der Waals surface area contributed by atoms with Crippen molar-refractivity contribution >= 4 is 40.5 Å². The molecule has 14 heteroatoms. The molecule has 2 aliphatic heterocycles. The van der Waals surface area contributed by atoms with Crippen molar-refractivity contribution in [2.45, 2.75) is 119 Å². The van der Waals surface area contributed by atoms with E-state index in [-0.39, 0.29) is 42.4 Å². The van der Waals surface area contributed by atoms with Crippen LogP contribution in [0.2, 0.25) is 0 Å². The van der Waals surface area contributed by atoms with Gasteiger partial charge in [-0.1, -0.05) is 60.6 Å². The van der Waals surface area contributed by atoms with Gasteiger partial charge in [-0.3, -0.25) is 34.0 Å². The molecule has 2 aliphatic rings. The van der Waals surface area contributed by atoms with Crippen LogP contribution in [0.4, 0.5) is 0 Å². The SMILES string of the molecule is CCC(=O)N1CC[C@H](C(=O)N(C)[C@H](C(=O)N[C@H]2Cc3cc(O)cc(c3)-c3ccc4c(c3)c(c(-c3cccnc3C(C)C)n4CC)CC(C)(C)COC(=O)[C@H](C)NN(C)C2=O)C(C)C)C1. The van der Waals surface area contributed by atoms with E-state index in [2.05, 4.69) is 68.1 Å². The normalized spacial score (nSPS) is 20.0. The number of carbonyl (C=O) groups excluding carboxylic acids is 5. The number of esters is 1. The van der Waals surface area contributed by atoms with E-state index in [4.69, 9.17) is 9.72 Å². The summed E-state index contributed by atoms with van der Waals surface area (Å²) in [5.74, 6) is -2.52. The molecule has 0 spiro atoms. The molecule has 1 fully saturated rings. The first-order valence-electron chi connectivity index (χ1n) is 22.7. The summed E-state index contributed by atoms with van der Waals surface area (Å²) in [4.78, 5) is 76.7. The lowest BCUT2D eigenvalue weighted by molar-refractivity contribution is -0.152. The van der Waals surface area contributed by atoms with Gasteiger partial charge in [0.1, 0.15) is 23.9 Å². The summed E-state index contributed by atoms with van der Waals surface area (Å²) in [6.07, 6.45) is 3.22. The van der Waals surface area contributed by atoms with Crippen LogP contribution in [-0.2, 0) is 48.1 Å². The number of benzene rings is 2. The van der Waals surface area contributed by atoms with Gasteiger partial charge in [0, 0.05) is 74.6 Å². The zero-order valence-corrected chi connectivity index (χ0v) is 39.4. The molecule has 64 heavy (non-hydrogen) atoms. The number of nitrogens with zero attached hydrogens (tertiary/aromatic N) is 5. The molecule has 0 radical (unpaired) electrons. The van der Waals surface area contributed by atoms with Crippen molar-refractivity contribution in [1.29, 1.82) is 0 Å². The van der Waals surface area contributed by atoms with Crippen LogP contribution in [0.15, 0.2) is 54.7 Å². The van der Waals surface area contributed by atoms with E-state index < -0.39 is 47.2 Å². The maximum atomic E-state index is 14.4. The smallest absolute Gasteiger partial charge is 0.324 e. The van der Waals surface area contributed by atoms with Gasteiger partial charge in [-0.2, -0.15) is 0 Å². The number of cyclic esters (lactones) is 1. The minimum Gasteiger partial charge on any atom is -0.508 e. The van der Waals surface area contributed by atoms with Crippen LogP contribution in [0, 0.1) is 17.3 Å². The Labute approximate surface area is 377 Å². The predicted octanol–water partition coefficient (Wildman–Crippen LogP) is 6.47. The first kappa shape index (κ1) is 47.7. The molecule has 4 aromatic rings. The third-order valence-corrected chi connectivity index (χ3v) is 12.7. The van der Waals surface area contributed by atoms with E-state index in [9.17, 15) is 29.1 Å². The van der Waals surface area contributed by atoms with Crippen LogP contribution in [0.25, 0.3) is 33.3 Å². The molecule has 2 aromatic heterocycles. The summed E-state index contributed by atoms with van der Waals surface area (Å²) < 4.78 is 8.31. The molecule has 4 atom stereocenters. The molecule has 0 saturated carbocycles. The number of phenolic OH excluding ortho intramolecular Hbond substituents is 1. The average molecular weight is 878 g/mol. The lowest BCUT2D eigenvalue weighted by Gasteiger charge is -2.34. The summed E-state index contributed by atoms with van der Waals surface area (Å²) >= 11 is 0. The highest BCUT2D eigenvalue weighted by Gasteiger charge is 2.39. The van der Waals surface area contributed by atoms with E-state index in [0.717, 1.165) is 44.5 Å². The number of fused-ring (bicyclic) bond motifs is 4. The fraction of sp³-hybridized carbons (Fsp3) is 0.520. The number of aromatic hydroxyl groups is 1. The number of ether oxygens (including phenoxy) is 1. The molecule has 4 bridgehead atoms. The Kier molecular flexibility index (Phi) is 14.6. The fourth-order valence-electron chi connectivity index (χ4n) is 9.47. The Hall–Kier alpha value is -5.76. The zero-order valence-electron chi connectivity index (χ0n) is 39.4. The number of aromatic nitrogens is 2. The van der Waals surface area contributed by atoms with E-state index in [1.54, 1.807) is 37.9 Å². The second-order valence-corrected chi connectivity index (χ2v) is 19.1. The van der Waals surface area contributed by atoms with Crippen LogP contribution < -0.4 is 10.7 Å². The van der Waals surface area contributed by atoms with Crippen molar-refractivity contribution in [2.75, 3.05) is 33.8 Å². The molecule has 3 N–H and O–H groups in total. The highest BCUT2D eigenvalue weighted by atomic mass is 16.5. The van der Waals surface area contributed by atoms with Crippen LogP contribution in [0.1, 0.15) is 97.9 Å². The van der Waals surface area contributed by atoms with Gasteiger partial charge in [0.15, 0.2) is 0 Å². The summed E-state index contributed by atoms with van der Waals surface area (Å²) in [6.45, 7) is 19.2. The van der Waals surface area contributed by atoms with E-state index in [1.165, 1.54) is 17.0 Å². The average Bonchev–Trinajstić information content (AvgIpc) is 3.86. The lowest BCUT2D eigenvalue weighted by atomic mass is 9.84. The molecule has 344 valence electrons. The van der Waals surface area contributed by atoms with Crippen molar-refractivity contribution < 1.29 is 33.8 Å². The number of likely N-dealkylation sites (N-methyl/N-ethyl adjacent to an activating group) is 2. The number of likely N-dealkylation sites (tertiary alicyclic amines) is 1. The zero-order chi connectivity index (χ0) is 46.8. The second kappa shape index (κ2) is 19.5. The molecular weight excluding hydrogens is 811 g/mol. The first-order chi connectivity index (χ1) is 30.2. The predicted molar refractivity (Wildman–Crippen MR) is 248 cm³/mol. The van der Waals surface area contributed by atoms with Crippen LogP contribution in [-0.4, -0.2) is 111 Å². The number of hydrogen-bond donors (Lipinski definition) is 3. The monoisotopic (exact) mass is 878 g/mol. The van der Waals surface area contributed by atoms with Gasteiger partial charge in [-0.05, 0) is 97.2 Å². The summed E-state index contributed by atoms with van der Waals surface area (Å²) in [5.41, 5.74) is 9.81. The van der Waals surface area contributed by atoms with Crippen LogP contribution in [0.3, 0.4) is 0 Å². The number of hydrazine groups is 1. The Balaban J connectivity index is 1.43. The van der Waals surface area contributed by atoms with Crippen LogP contribution in [0.5, 0.6) is 5.75 Å². The number of amides is 4. The number of pyridine rings is 1. The summed E-state index contributed by atoms with van der Waals surface area (Å²) in [7, 11) is 3.08. The Morgan fingerprint density at radius 2 is 1.78 bits per heavy atom. The van der Waals surface area contributed by atoms with Crippen molar-refractivity contribution in [1.82, 2.24) is 35.1 Å². The number of aryl methyl sites for hydroxylation is 1. The lowest BCUT2D eigenvalue weighted by Crippen LogP contribution is -2.59. The number of nitrogens with one attached hydrogen (secondary N) is 2. The highest BCUT2D eigenvalue weighted by Crippen LogP contribution is 2.42. The van der Waals surface area contributed by atoms with Crippen molar-refractivity contribution in [2.24, 2.45) is 17.3 Å². The van der Waals surface area contributed by atoms with E-state index in [0.29, 0.717) is 44.5 Å². The standard InChI is InChI=1S/C50H67N7O7/c1-12-42(59)56-20-18-34(27-56)47(61)54(10)44(30(5)6)46(60)52-40-23-32-21-35(24-36(58)22-32)33-16-17-41-38(25-33)39(45(57(41)13-2)37-15-14-19-51-43(37)29(3)4)26-50(8,9)28-64-49(63)31(7)53-55(11)48(40)62/h14-17,19,21-22,24-25,29-31,34,40,44,53,58H,12-13,18,20,23,26-28H2,1-11H3,(H,52,60)/t31-,34-,40-,44-/m0/s1. The largest absolute Gasteiger partial charge is 0.508 e. The van der Waals surface area contributed by atoms with Gasteiger partial charge < -0.3 is 29.5 Å². The molecular formula is C50H67N7O7. The Morgan fingerprint density at radius 3 is 2.45 bits per heavy atom. The van der Waals surface area contributed by atoms with Gasteiger partial charge in [0.25, 0.3) is 5.91 Å². The van der Waals surface area contributed by atoms with Crippen molar-refractivity contribution in [3.8, 4) is 28.1 Å².